The Morgan fingerprint density at radius 3 is 2.58 bits per heavy atom. The number of carbonyl (C=O) groups excluding carboxylic acids is 1. The van der Waals surface area contributed by atoms with Gasteiger partial charge in [-0.3, -0.25) is 9.59 Å². The van der Waals surface area contributed by atoms with Crippen molar-refractivity contribution in [1.82, 2.24) is 9.88 Å². The van der Waals surface area contributed by atoms with Crippen LogP contribution in [0.5, 0.6) is 0 Å². The number of rotatable bonds is 8. The monoisotopic (exact) mass is 396 g/mol. The quantitative estimate of drug-likeness (QED) is 0.730. The Balaban J connectivity index is 1.89. The molecule has 2 aromatic rings. The number of nitrogens with zero attached hydrogens (tertiary/aromatic N) is 2. The summed E-state index contributed by atoms with van der Waals surface area (Å²) in [5, 5.41) is 9.27. The first-order valence-corrected chi connectivity index (χ1v) is 9.50. The van der Waals surface area contributed by atoms with Crippen LogP contribution in [0.15, 0.2) is 34.9 Å². The Bertz CT molecular complexity index is 763. The third-order valence-electron chi connectivity index (χ3n) is 3.83. The first-order valence-electron chi connectivity index (χ1n) is 8.08. The van der Waals surface area contributed by atoms with E-state index in [0.29, 0.717) is 22.4 Å². The van der Waals surface area contributed by atoms with E-state index in [4.69, 9.17) is 21.1 Å². The van der Waals surface area contributed by atoms with Gasteiger partial charge in [-0.15, -0.1) is 11.8 Å². The average Bonchev–Trinajstić information content (AvgIpc) is 3.08. The van der Waals surface area contributed by atoms with E-state index in [2.05, 4.69) is 4.98 Å². The zero-order valence-electron chi connectivity index (χ0n) is 14.8. The minimum Gasteiger partial charge on any atom is -0.481 e. The average molecular weight is 397 g/mol. The Hall–Kier alpha value is -1.99. The number of carbonyl (C=O) groups is 2. The number of amides is 1. The number of benzene rings is 1. The van der Waals surface area contributed by atoms with Crippen molar-refractivity contribution in [2.75, 3.05) is 13.6 Å². The summed E-state index contributed by atoms with van der Waals surface area (Å²) in [6.07, 6.45) is 1.65. The maximum Gasteiger partial charge on any atom is 0.308 e. The molecule has 1 heterocycles. The van der Waals surface area contributed by atoms with Crippen molar-refractivity contribution in [3.8, 4) is 11.3 Å². The lowest BCUT2D eigenvalue weighted by Gasteiger charge is -2.22. The number of halogens is 1. The van der Waals surface area contributed by atoms with Crippen LogP contribution in [-0.2, 0) is 15.3 Å². The number of hydrogen-bond acceptors (Lipinski definition) is 5. The van der Waals surface area contributed by atoms with Crippen LogP contribution in [0.1, 0.15) is 19.7 Å². The van der Waals surface area contributed by atoms with Crippen LogP contribution in [0.3, 0.4) is 0 Å². The van der Waals surface area contributed by atoms with Crippen LogP contribution >= 0.6 is 23.4 Å². The molecule has 0 saturated carbocycles. The van der Waals surface area contributed by atoms with E-state index in [0.717, 1.165) is 5.56 Å². The summed E-state index contributed by atoms with van der Waals surface area (Å²) in [6.45, 7) is 3.55. The topological polar surface area (TPSA) is 83.6 Å². The van der Waals surface area contributed by atoms with Gasteiger partial charge < -0.3 is 14.4 Å². The highest BCUT2D eigenvalue weighted by atomic mass is 35.5. The van der Waals surface area contributed by atoms with E-state index >= 15 is 0 Å². The molecule has 0 fully saturated rings. The molecule has 2 rings (SSSR count). The SMILES string of the molecule is CC(CN(C)C(=O)C(C)SCc1ncc(-c2ccc(Cl)cc2)o1)C(=O)O. The van der Waals surface area contributed by atoms with Gasteiger partial charge in [-0.1, -0.05) is 18.5 Å². The molecule has 2 unspecified atom stereocenters. The van der Waals surface area contributed by atoms with Gasteiger partial charge in [0.1, 0.15) is 0 Å². The molecule has 0 bridgehead atoms. The zero-order valence-corrected chi connectivity index (χ0v) is 16.4. The first kappa shape index (κ1) is 20.3. The van der Waals surface area contributed by atoms with E-state index < -0.39 is 11.9 Å². The van der Waals surface area contributed by atoms with Gasteiger partial charge in [0.05, 0.1) is 23.1 Å². The Morgan fingerprint density at radius 2 is 1.96 bits per heavy atom. The van der Waals surface area contributed by atoms with Crippen LogP contribution in [0.25, 0.3) is 11.3 Å². The van der Waals surface area contributed by atoms with Crippen LogP contribution in [0.4, 0.5) is 0 Å². The van der Waals surface area contributed by atoms with Crippen molar-refractivity contribution in [3.63, 3.8) is 0 Å². The Morgan fingerprint density at radius 1 is 1.31 bits per heavy atom. The molecule has 0 spiro atoms. The van der Waals surface area contributed by atoms with Crippen LogP contribution in [0, 0.1) is 5.92 Å². The molecule has 1 aromatic carbocycles. The minimum absolute atomic E-state index is 0.118. The summed E-state index contributed by atoms with van der Waals surface area (Å²) in [6, 6.07) is 7.26. The highest BCUT2D eigenvalue weighted by Gasteiger charge is 2.22. The highest BCUT2D eigenvalue weighted by Crippen LogP contribution is 2.25. The molecular formula is C18H21ClN2O4S. The number of carboxylic acids is 1. The summed E-state index contributed by atoms with van der Waals surface area (Å²) >= 11 is 7.27. The molecular weight excluding hydrogens is 376 g/mol. The molecule has 0 radical (unpaired) electrons. The third kappa shape index (κ3) is 5.51. The number of aliphatic carboxylic acids is 1. The number of thioether (sulfide) groups is 1. The van der Waals surface area contributed by atoms with Gasteiger partial charge in [0.2, 0.25) is 11.8 Å². The number of oxazole rings is 1. The van der Waals surface area contributed by atoms with Crippen molar-refractivity contribution in [1.29, 1.82) is 0 Å². The van der Waals surface area contributed by atoms with E-state index in [-0.39, 0.29) is 17.7 Å². The lowest BCUT2D eigenvalue weighted by molar-refractivity contribution is -0.142. The number of hydrogen-bond donors (Lipinski definition) is 1. The summed E-state index contributed by atoms with van der Waals surface area (Å²) in [4.78, 5) is 28.9. The van der Waals surface area contributed by atoms with Gasteiger partial charge >= 0.3 is 5.97 Å². The van der Waals surface area contributed by atoms with Crippen molar-refractivity contribution >= 4 is 35.2 Å². The summed E-state index contributed by atoms with van der Waals surface area (Å²) in [7, 11) is 1.61. The van der Waals surface area contributed by atoms with Crippen molar-refractivity contribution in [2.45, 2.75) is 24.9 Å². The van der Waals surface area contributed by atoms with Crippen LogP contribution in [0.2, 0.25) is 5.02 Å². The summed E-state index contributed by atoms with van der Waals surface area (Å²) in [5.74, 6) is -0.0188. The zero-order chi connectivity index (χ0) is 19.3. The van der Waals surface area contributed by atoms with Crippen LogP contribution < -0.4 is 0 Å². The predicted molar refractivity (Wildman–Crippen MR) is 102 cm³/mol. The van der Waals surface area contributed by atoms with Gasteiger partial charge in [-0.2, -0.15) is 0 Å². The van der Waals surface area contributed by atoms with Gasteiger partial charge in [-0.25, -0.2) is 4.98 Å². The molecule has 0 saturated heterocycles. The second-order valence-corrected chi connectivity index (χ2v) is 7.80. The third-order valence-corrected chi connectivity index (χ3v) is 5.20. The van der Waals surface area contributed by atoms with Crippen molar-refractivity contribution in [2.24, 2.45) is 5.92 Å². The van der Waals surface area contributed by atoms with E-state index in [1.807, 2.05) is 12.1 Å². The maximum absolute atomic E-state index is 12.3. The van der Waals surface area contributed by atoms with E-state index in [1.54, 1.807) is 39.2 Å². The lowest BCUT2D eigenvalue weighted by atomic mass is 10.2. The molecule has 1 aromatic heterocycles. The normalized spacial score (nSPS) is 13.2. The van der Waals surface area contributed by atoms with Gasteiger partial charge in [0.25, 0.3) is 0 Å². The number of carboxylic acid groups (broad SMARTS) is 1. The number of aromatic nitrogens is 1. The molecule has 26 heavy (non-hydrogen) atoms. The van der Waals surface area contributed by atoms with E-state index in [9.17, 15) is 9.59 Å². The fourth-order valence-corrected chi connectivity index (χ4v) is 3.26. The summed E-state index contributed by atoms with van der Waals surface area (Å²) in [5.41, 5.74) is 0.879. The molecule has 6 nitrogen and oxygen atoms in total. The Labute approximate surface area is 161 Å². The summed E-state index contributed by atoms with van der Waals surface area (Å²) < 4.78 is 5.72. The fourth-order valence-electron chi connectivity index (χ4n) is 2.28. The van der Waals surface area contributed by atoms with Crippen molar-refractivity contribution < 1.29 is 19.1 Å². The first-order chi connectivity index (χ1) is 12.3. The second kappa shape index (κ2) is 9.09. The van der Waals surface area contributed by atoms with E-state index in [1.165, 1.54) is 16.7 Å². The predicted octanol–water partition coefficient (Wildman–Crippen LogP) is 3.80. The van der Waals surface area contributed by atoms with Crippen molar-refractivity contribution in [3.05, 3.63) is 41.4 Å². The molecule has 140 valence electrons. The standard InChI is InChI=1S/C18H21ClN2O4S/c1-11(18(23)24)9-21(3)17(22)12(2)26-10-16-20-8-15(25-16)13-4-6-14(19)7-5-13/h4-8,11-12H,9-10H2,1-3H3,(H,23,24). The Kier molecular flexibility index (Phi) is 7.11. The maximum atomic E-state index is 12.3. The second-order valence-electron chi connectivity index (χ2n) is 6.04. The highest BCUT2D eigenvalue weighted by molar-refractivity contribution is 7.99. The molecule has 2 atom stereocenters. The smallest absolute Gasteiger partial charge is 0.308 e. The molecule has 0 aliphatic rings. The lowest BCUT2D eigenvalue weighted by Crippen LogP contribution is -2.38. The molecule has 0 aliphatic carbocycles. The largest absolute Gasteiger partial charge is 0.481 e. The fraction of sp³-hybridized carbons (Fsp3) is 0.389. The molecule has 0 aliphatic heterocycles. The molecule has 1 amide bonds. The molecule has 1 N–H and O–H groups in total. The van der Waals surface area contributed by atoms with Crippen LogP contribution in [-0.4, -0.2) is 45.7 Å². The van der Waals surface area contributed by atoms with Gasteiger partial charge in [0, 0.05) is 24.2 Å². The van der Waals surface area contributed by atoms with Gasteiger partial charge in [-0.05, 0) is 31.2 Å². The minimum atomic E-state index is -0.917. The molecule has 8 heteroatoms. The van der Waals surface area contributed by atoms with Gasteiger partial charge in [0.15, 0.2) is 5.76 Å².